The van der Waals surface area contributed by atoms with Crippen molar-refractivity contribution in [3.63, 3.8) is 0 Å². The van der Waals surface area contributed by atoms with Gasteiger partial charge in [0.25, 0.3) is 0 Å². The molecule has 4 heteroatoms. The molecule has 1 unspecified atom stereocenters. The summed E-state index contributed by atoms with van der Waals surface area (Å²) in [5.41, 5.74) is 0. The lowest BCUT2D eigenvalue weighted by molar-refractivity contribution is 0.115. The van der Waals surface area contributed by atoms with Gasteiger partial charge in [0.05, 0.1) is 0 Å². The number of nitrogens with one attached hydrogen (secondary N) is 1. The molecule has 0 saturated carbocycles. The Labute approximate surface area is 125 Å². The molecule has 0 aromatic heterocycles. The summed E-state index contributed by atoms with van der Waals surface area (Å²) >= 11 is 0. The zero-order chi connectivity index (χ0) is 14.4. The highest BCUT2D eigenvalue weighted by Crippen LogP contribution is 2.15. The van der Waals surface area contributed by atoms with Gasteiger partial charge in [-0.2, -0.15) is 0 Å². The largest absolute Gasteiger partial charge is 0.314 e. The number of likely N-dealkylation sites (tertiary alicyclic amines) is 1. The molecule has 2 aliphatic rings. The number of likely N-dealkylation sites (N-methyl/N-ethyl adjacent to an activating group) is 1. The third-order valence-electron chi connectivity index (χ3n) is 4.75. The van der Waals surface area contributed by atoms with Crippen LogP contribution in [0.5, 0.6) is 0 Å². The van der Waals surface area contributed by atoms with E-state index in [1.54, 1.807) is 0 Å². The smallest absolute Gasteiger partial charge is 0.0110 e. The van der Waals surface area contributed by atoms with Crippen LogP contribution in [-0.2, 0) is 0 Å². The van der Waals surface area contributed by atoms with Gasteiger partial charge in [-0.25, -0.2) is 0 Å². The van der Waals surface area contributed by atoms with Crippen LogP contribution < -0.4 is 5.32 Å². The van der Waals surface area contributed by atoms with Crippen molar-refractivity contribution in [1.82, 2.24) is 20.0 Å². The van der Waals surface area contributed by atoms with Crippen LogP contribution in [0.25, 0.3) is 0 Å². The summed E-state index contributed by atoms with van der Waals surface area (Å²) in [5, 5.41) is 3.60. The molecule has 2 fully saturated rings. The molecule has 20 heavy (non-hydrogen) atoms. The Bertz CT molecular complexity index is 261. The maximum atomic E-state index is 3.60. The van der Waals surface area contributed by atoms with Gasteiger partial charge in [-0.15, -0.1) is 0 Å². The molecule has 0 amide bonds. The van der Waals surface area contributed by atoms with Crippen molar-refractivity contribution in [3.8, 4) is 0 Å². The third kappa shape index (κ3) is 5.68. The van der Waals surface area contributed by atoms with Crippen LogP contribution in [0, 0.1) is 5.92 Å². The van der Waals surface area contributed by atoms with Crippen LogP contribution in [-0.4, -0.2) is 86.7 Å². The highest BCUT2D eigenvalue weighted by atomic mass is 15.3. The molecule has 0 aromatic rings. The van der Waals surface area contributed by atoms with E-state index in [1.807, 2.05) is 0 Å². The van der Waals surface area contributed by atoms with Crippen LogP contribution >= 0.6 is 0 Å². The molecule has 0 bridgehead atoms. The fourth-order valence-corrected chi connectivity index (χ4v) is 3.28. The van der Waals surface area contributed by atoms with Crippen molar-refractivity contribution in [3.05, 3.63) is 0 Å². The summed E-state index contributed by atoms with van der Waals surface area (Å²) in [5.74, 6) is 0.860. The topological polar surface area (TPSA) is 21.8 Å². The molecule has 2 rings (SSSR count). The van der Waals surface area contributed by atoms with Gasteiger partial charge in [0.2, 0.25) is 0 Å². The molecule has 1 atom stereocenters. The fourth-order valence-electron chi connectivity index (χ4n) is 3.28. The number of nitrogens with zero attached hydrogens (tertiary/aromatic N) is 3. The van der Waals surface area contributed by atoms with Crippen molar-refractivity contribution in [2.24, 2.45) is 5.92 Å². The molecule has 0 radical (unpaired) electrons. The molecule has 1 N–H and O–H groups in total. The third-order valence-corrected chi connectivity index (χ3v) is 4.75. The Morgan fingerprint density at radius 3 is 2.40 bits per heavy atom. The monoisotopic (exact) mass is 282 g/mol. The summed E-state index contributed by atoms with van der Waals surface area (Å²) < 4.78 is 0. The van der Waals surface area contributed by atoms with Gasteiger partial charge in [0.1, 0.15) is 0 Å². The summed E-state index contributed by atoms with van der Waals surface area (Å²) in [4.78, 5) is 7.76. The first-order valence-corrected chi connectivity index (χ1v) is 8.50. The Hall–Kier alpha value is -0.160. The molecule has 0 aliphatic carbocycles. The lowest BCUT2D eigenvalue weighted by Gasteiger charge is -2.37. The van der Waals surface area contributed by atoms with E-state index in [0.29, 0.717) is 6.04 Å². The molecule has 2 heterocycles. The average Bonchev–Trinajstić information content (AvgIpc) is 2.45. The quantitative estimate of drug-likeness (QED) is 0.783. The van der Waals surface area contributed by atoms with Crippen molar-refractivity contribution in [1.29, 1.82) is 0 Å². The standard InChI is InChI=1S/C16H34N4/c1-15(2)17-13-16-5-4-6-20(14-16)12-11-19-9-7-18(3)8-10-19/h15-17H,4-14H2,1-3H3. The number of piperazine rings is 1. The number of piperidine rings is 1. The minimum atomic E-state index is 0.621. The van der Waals surface area contributed by atoms with Crippen molar-refractivity contribution in [2.75, 3.05) is 66.0 Å². The van der Waals surface area contributed by atoms with E-state index in [9.17, 15) is 0 Å². The predicted octanol–water partition coefficient (Wildman–Crippen LogP) is 0.944. The first-order chi connectivity index (χ1) is 9.63. The molecule has 0 aromatic carbocycles. The highest BCUT2D eigenvalue weighted by Gasteiger charge is 2.21. The molecule has 2 saturated heterocycles. The first-order valence-electron chi connectivity index (χ1n) is 8.50. The second kappa shape index (κ2) is 8.32. The number of hydrogen-bond donors (Lipinski definition) is 1. The molecule has 2 aliphatic heterocycles. The normalized spacial score (nSPS) is 27.3. The Kier molecular flexibility index (Phi) is 6.75. The summed E-state index contributed by atoms with van der Waals surface area (Å²) in [6, 6.07) is 0.621. The first kappa shape index (κ1) is 16.2. The number of rotatable bonds is 6. The van der Waals surface area contributed by atoms with Crippen LogP contribution in [0.4, 0.5) is 0 Å². The lowest BCUT2D eigenvalue weighted by atomic mass is 9.97. The Morgan fingerprint density at radius 2 is 1.70 bits per heavy atom. The summed E-state index contributed by atoms with van der Waals surface area (Å²) in [7, 11) is 2.23. The van der Waals surface area contributed by atoms with E-state index >= 15 is 0 Å². The van der Waals surface area contributed by atoms with E-state index < -0.39 is 0 Å². The molecule has 0 spiro atoms. The minimum Gasteiger partial charge on any atom is -0.314 e. The SMILES string of the molecule is CC(C)NCC1CCCN(CCN2CCN(C)CC2)C1. The number of hydrogen-bond acceptors (Lipinski definition) is 4. The molecular weight excluding hydrogens is 248 g/mol. The molecular formula is C16H34N4. The van der Waals surface area contributed by atoms with Crippen molar-refractivity contribution < 1.29 is 0 Å². The van der Waals surface area contributed by atoms with Gasteiger partial charge < -0.3 is 15.1 Å². The van der Waals surface area contributed by atoms with Crippen LogP contribution in [0.15, 0.2) is 0 Å². The van der Waals surface area contributed by atoms with E-state index in [0.717, 1.165) is 5.92 Å². The fraction of sp³-hybridized carbons (Fsp3) is 1.00. The van der Waals surface area contributed by atoms with E-state index in [2.05, 4.69) is 40.9 Å². The Morgan fingerprint density at radius 1 is 1.00 bits per heavy atom. The van der Waals surface area contributed by atoms with Gasteiger partial charge >= 0.3 is 0 Å². The lowest BCUT2D eigenvalue weighted by Crippen LogP contribution is -2.48. The maximum absolute atomic E-state index is 3.60. The van der Waals surface area contributed by atoms with Gasteiger partial charge in [-0.3, -0.25) is 4.90 Å². The van der Waals surface area contributed by atoms with E-state index in [4.69, 9.17) is 0 Å². The summed E-state index contributed by atoms with van der Waals surface area (Å²) in [6.45, 7) is 15.8. The minimum absolute atomic E-state index is 0.621. The maximum Gasteiger partial charge on any atom is 0.0110 e. The van der Waals surface area contributed by atoms with Crippen molar-refractivity contribution >= 4 is 0 Å². The zero-order valence-electron chi connectivity index (χ0n) is 13.8. The highest BCUT2D eigenvalue weighted by molar-refractivity contribution is 4.77. The van der Waals surface area contributed by atoms with Crippen molar-refractivity contribution in [2.45, 2.75) is 32.7 Å². The Balaban J connectivity index is 1.62. The van der Waals surface area contributed by atoms with Crippen LogP contribution in [0.1, 0.15) is 26.7 Å². The zero-order valence-corrected chi connectivity index (χ0v) is 13.8. The average molecular weight is 282 g/mol. The summed E-state index contributed by atoms with van der Waals surface area (Å²) in [6.07, 6.45) is 2.79. The predicted molar refractivity (Wildman–Crippen MR) is 86.2 cm³/mol. The second-order valence-corrected chi connectivity index (χ2v) is 7.02. The van der Waals surface area contributed by atoms with Gasteiger partial charge in [0, 0.05) is 51.9 Å². The molecule has 118 valence electrons. The van der Waals surface area contributed by atoms with Gasteiger partial charge in [-0.1, -0.05) is 13.8 Å². The second-order valence-electron chi connectivity index (χ2n) is 7.02. The molecule has 4 nitrogen and oxygen atoms in total. The van der Waals surface area contributed by atoms with Gasteiger partial charge in [0.15, 0.2) is 0 Å². The van der Waals surface area contributed by atoms with E-state index in [-0.39, 0.29) is 0 Å². The van der Waals surface area contributed by atoms with Crippen LogP contribution in [0.3, 0.4) is 0 Å². The van der Waals surface area contributed by atoms with Crippen LogP contribution in [0.2, 0.25) is 0 Å². The van der Waals surface area contributed by atoms with Gasteiger partial charge in [-0.05, 0) is 38.9 Å². The van der Waals surface area contributed by atoms with E-state index in [1.165, 1.54) is 71.7 Å².